The number of benzene rings is 1. The molecule has 19 heavy (non-hydrogen) atoms. The van der Waals surface area contributed by atoms with Crippen molar-refractivity contribution in [2.45, 2.75) is 51.6 Å². The highest BCUT2D eigenvalue weighted by atomic mass is 79.9. The van der Waals surface area contributed by atoms with Crippen LogP contribution in [0.3, 0.4) is 0 Å². The molecule has 0 spiro atoms. The third kappa shape index (κ3) is 4.47. The molecule has 0 bridgehead atoms. The van der Waals surface area contributed by atoms with Crippen LogP contribution in [0.4, 0.5) is 0 Å². The summed E-state index contributed by atoms with van der Waals surface area (Å²) in [4.78, 5) is 2.60. The molecule has 1 nitrogen and oxygen atoms in total. The molecule has 0 heterocycles. The first kappa shape index (κ1) is 15.3. The van der Waals surface area contributed by atoms with Gasteiger partial charge >= 0.3 is 0 Å². The second-order valence-corrected chi connectivity index (χ2v) is 6.75. The van der Waals surface area contributed by atoms with E-state index in [0.717, 1.165) is 29.5 Å². The van der Waals surface area contributed by atoms with Gasteiger partial charge in [0.05, 0.1) is 0 Å². The van der Waals surface area contributed by atoms with Crippen molar-refractivity contribution in [1.82, 2.24) is 4.90 Å². The Morgan fingerprint density at radius 3 is 2.63 bits per heavy atom. The van der Waals surface area contributed by atoms with Crippen molar-refractivity contribution < 1.29 is 0 Å². The zero-order chi connectivity index (χ0) is 13.7. The average molecular weight is 345 g/mol. The fourth-order valence-corrected chi connectivity index (χ4v) is 3.70. The molecule has 1 aliphatic rings. The second-order valence-electron chi connectivity index (χ2n) is 5.55. The van der Waals surface area contributed by atoms with Gasteiger partial charge in [-0.1, -0.05) is 58.9 Å². The van der Waals surface area contributed by atoms with E-state index in [0.29, 0.717) is 0 Å². The van der Waals surface area contributed by atoms with Crippen LogP contribution in [0.5, 0.6) is 0 Å². The van der Waals surface area contributed by atoms with Gasteiger partial charge in [-0.05, 0) is 37.0 Å². The topological polar surface area (TPSA) is 3.24 Å². The smallest absolute Gasteiger partial charge is 0.0453 e. The van der Waals surface area contributed by atoms with Crippen LogP contribution in [0.2, 0.25) is 5.02 Å². The number of halogens is 2. The second kappa shape index (κ2) is 7.66. The molecule has 0 N–H and O–H groups in total. The molecule has 1 aromatic carbocycles. The first-order valence-electron chi connectivity index (χ1n) is 7.25. The van der Waals surface area contributed by atoms with E-state index in [1.807, 2.05) is 0 Å². The normalized spacial score (nSPS) is 17.1. The summed E-state index contributed by atoms with van der Waals surface area (Å²) in [6, 6.07) is 7.16. The average Bonchev–Trinajstić information content (AvgIpc) is 2.42. The van der Waals surface area contributed by atoms with Gasteiger partial charge in [0.25, 0.3) is 0 Å². The lowest BCUT2D eigenvalue weighted by Gasteiger charge is -2.34. The Morgan fingerprint density at radius 1 is 1.26 bits per heavy atom. The highest BCUT2D eigenvalue weighted by Gasteiger charge is 2.21. The fourth-order valence-electron chi connectivity index (χ4n) is 2.94. The molecular formula is C16H23BrClN. The van der Waals surface area contributed by atoms with Crippen LogP contribution >= 0.6 is 27.5 Å². The number of hydrogen-bond acceptors (Lipinski definition) is 1. The van der Waals surface area contributed by atoms with Crippen molar-refractivity contribution in [2.24, 2.45) is 0 Å². The monoisotopic (exact) mass is 343 g/mol. The molecule has 1 fully saturated rings. The van der Waals surface area contributed by atoms with E-state index in [1.54, 1.807) is 0 Å². The highest BCUT2D eigenvalue weighted by molar-refractivity contribution is 9.09. The third-order valence-electron chi connectivity index (χ3n) is 4.04. The summed E-state index contributed by atoms with van der Waals surface area (Å²) in [5.41, 5.74) is 2.50. The molecule has 0 unspecified atom stereocenters. The standard InChI is InChI=1S/C16H23BrClN/c1-13-7-8-14(16(18)11-13)12-19(10-9-17)15-5-3-2-4-6-15/h7-8,11,15H,2-6,9-10,12H2,1H3. The fraction of sp³-hybridized carbons (Fsp3) is 0.625. The molecule has 0 aromatic heterocycles. The Bertz CT molecular complexity index is 402. The van der Waals surface area contributed by atoms with Crippen molar-refractivity contribution in [3.8, 4) is 0 Å². The van der Waals surface area contributed by atoms with Gasteiger partial charge in [-0.15, -0.1) is 0 Å². The van der Waals surface area contributed by atoms with E-state index >= 15 is 0 Å². The van der Waals surface area contributed by atoms with Gasteiger partial charge in [0.1, 0.15) is 0 Å². The summed E-state index contributed by atoms with van der Waals surface area (Å²) in [5, 5.41) is 1.95. The summed E-state index contributed by atoms with van der Waals surface area (Å²) in [6.07, 6.45) is 6.85. The SMILES string of the molecule is Cc1ccc(CN(CCBr)C2CCCCC2)c(Cl)c1. The van der Waals surface area contributed by atoms with Crippen LogP contribution in [0.15, 0.2) is 18.2 Å². The predicted molar refractivity (Wildman–Crippen MR) is 87.3 cm³/mol. The van der Waals surface area contributed by atoms with Crippen LogP contribution in [0.1, 0.15) is 43.2 Å². The van der Waals surface area contributed by atoms with Crippen molar-refractivity contribution in [3.63, 3.8) is 0 Å². The number of nitrogens with zero attached hydrogens (tertiary/aromatic N) is 1. The van der Waals surface area contributed by atoms with Gasteiger partial charge in [-0.25, -0.2) is 0 Å². The van der Waals surface area contributed by atoms with Crippen LogP contribution in [-0.2, 0) is 6.54 Å². The lowest BCUT2D eigenvalue weighted by molar-refractivity contribution is 0.158. The Hall–Kier alpha value is -0.0500. The minimum Gasteiger partial charge on any atom is -0.295 e. The molecule has 0 atom stereocenters. The Morgan fingerprint density at radius 2 is 2.00 bits per heavy atom. The molecule has 106 valence electrons. The minimum atomic E-state index is 0.740. The first-order valence-corrected chi connectivity index (χ1v) is 8.75. The van der Waals surface area contributed by atoms with E-state index in [-0.39, 0.29) is 0 Å². The largest absolute Gasteiger partial charge is 0.295 e. The Kier molecular flexibility index (Phi) is 6.18. The molecule has 0 amide bonds. The summed E-state index contributed by atoms with van der Waals surface area (Å²) in [7, 11) is 0. The summed E-state index contributed by atoms with van der Waals surface area (Å²) >= 11 is 9.96. The first-order chi connectivity index (χ1) is 9.20. The molecule has 1 aromatic rings. The minimum absolute atomic E-state index is 0.740. The van der Waals surface area contributed by atoms with Gasteiger partial charge in [0, 0.05) is 29.5 Å². The molecule has 1 aliphatic carbocycles. The lowest BCUT2D eigenvalue weighted by Crippen LogP contribution is -2.37. The van der Waals surface area contributed by atoms with Crippen LogP contribution in [0.25, 0.3) is 0 Å². The molecule has 2 rings (SSSR count). The summed E-state index contributed by atoms with van der Waals surface area (Å²) in [5.74, 6) is 0. The summed E-state index contributed by atoms with van der Waals surface area (Å²) < 4.78 is 0. The maximum atomic E-state index is 6.37. The maximum absolute atomic E-state index is 6.37. The quantitative estimate of drug-likeness (QED) is 0.665. The van der Waals surface area contributed by atoms with Crippen molar-refractivity contribution >= 4 is 27.5 Å². The van der Waals surface area contributed by atoms with Gasteiger partial charge in [-0.2, -0.15) is 0 Å². The van der Waals surface area contributed by atoms with E-state index in [1.165, 1.54) is 43.2 Å². The summed E-state index contributed by atoms with van der Waals surface area (Å²) in [6.45, 7) is 4.18. The van der Waals surface area contributed by atoms with Crippen LogP contribution in [-0.4, -0.2) is 22.8 Å². The van der Waals surface area contributed by atoms with Gasteiger partial charge in [0.15, 0.2) is 0 Å². The highest BCUT2D eigenvalue weighted by Crippen LogP contribution is 2.26. The number of alkyl halides is 1. The lowest BCUT2D eigenvalue weighted by atomic mass is 9.94. The molecule has 3 heteroatoms. The predicted octanol–water partition coefficient (Wildman–Crippen LogP) is 5.18. The van der Waals surface area contributed by atoms with Crippen LogP contribution < -0.4 is 0 Å². The van der Waals surface area contributed by atoms with E-state index in [2.05, 4.69) is 46.0 Å². The van der Waals surface area contributed by atoms with E-state index in [9.17, 15) is 0 Å². The number of aryl methyl sites for hydroxylation is 1. The van der Waals surface area contributed by atoms with Crippen molar-refractivity contribution in [1.29, 1.82) is 0 Å². The molecule has 0 radical (unpaired) electrons. The molecule has 0 saturated heterocycles. The zero-order valence-electron chi connectivity index (χ0n) is 11.7. The van der Waals surface area contributed by atoms with E-state index < -0.39 is 0 Å². The Labute approximate surface area is 130 Å². The van der Waals surface area contributed by atoms with Gasteiger partial charge in [0.2, 0.25) is 0 Å². The number of rotatable bonds is 5. The van der Waals surface area contributed by atoms with Crippen molar-refractivity contribution in [3.05, 3.63) is 34.3 Å². The maximum Gasteiger partial charge on any atom is 0.0453 e. The zero-order valence-corrected chi connectivity index (χ0v) is 14.0. The van der Waals surface area contributed by atoms with Gasteiger partial charge < -0.3 is 0 Å². The van der Waals surface area contributed by atoms with Crippen LogP contribution in [0, 0.1) is 6.92 Å². The Balaban J connectivity index is 2.06. The molecule has 0 aliphatic heterocycles. The number of hydrogen-bond donors (Lipinski definition) is 0. The van der Waals surface area contributed by atoms with Gasteiger partial charge in [-0.3, -0.25) is 4.90 Å². The van der Waals surface area contributed by atoms with Crippen molar-refractivity contribution in [2.75, 3.05) is 11.9 Å². The third-order valence-corrected chi connectivity index (χ3v) is 4.75. The molecule has 1 saturated carbocycles. The van der Waals surface area contributed by atoms with E-state index in [4.69, 9.17) is 11.6 Å². The molecular weight excluding hydrogens is 322 g/mol.